The van der Waals surface area contributed by atoms with Crippen molar-refractivity contribution < 1.29 is 0 Å². The number of nitriles is 1. The van der Waals surface area contributed by atoms with Gasteiger partial charge in [0.2, 0.25) is 0 Å². The third kappa shape index (κ3) is 3.11. The molecule has 0 saturated carbocycles. The molecule has 2 N–H and O–H groups in total. The van der Waals surface area contributed by atoms with Crippen LogP contribution in [0.1, 0.15) is 5.56 Å². The van der Waals surface area contributed by atoms with Crippen molar-refractivity contribution in [3.63, 3.8) is 0 Å². The minimum absolute atomic E-state index is 0.469. The highest BCUT2D eigenvalue weighted by Gasteiger charge is 1.99. The van der Waals surface area contributed by atoms with E-state index in [1.54, 1.807) is 12.1 Å². The predicted octanol–water partition coefficient (Wildman–Crippen LogP) is 2.06. The molecule has 74 valence electrons. The molecule has 0 amide bonds. The van der Waals surface area contributed by atoms with Crippen molar-refractivity contribution in [2.75, 3.05) is 18.4 Å². The first-order valence-electron chi connectivity index (χ1n) is 4.08. The van der Waals surface area contributed by atoms with Gasteiger partial charge >= 0.3 is 0 Å². The third-order valence-corrected chi connectivity index (χ3v) is 2.19. The van der Waals surface area contributed by atoms with E-state index in [0.717, 1.165) is 18.8 Å². The van der Waals surface area contributed by atoms with Crippen molar-refractivity contribution in [1.82, 2.24) is 4.72 Å². The van der Waals surface area contributed by atoms with Gasteiger partial charge in [0, 0.05) is 18.8 Å². The Morgan fingerprint density at radius 3 is 2.79 bits per heavy atom. The minimum Gasteiger partial charge on any atom is -0.384 e. The van der Waals surface area contributed by atoms with E-state index in [1.165, 1.54) is 0 Å². The Hall–Kier alpha value is -0.890. The minimum atomic E-state index is 0.469. The Morgan fingerprint density at radius 2 is 2.21 bits per heavy atom. The Morgan fingerprint density at radius 1 is 1.43 bits per heavy atom. The van der Waals surface area contributed by atoms with E-state index in [1.807, 2.05) is 12.1 Å². The highest BCUT2D eigenvalue weighted by Crippen LogP contribution is 2.19. The molecule has 0 fully saturated rings. The number of benzene rings is 1. The third-order valence-electron chi connectivity index (χ3n) is 1.66. The van der Waals surface area contributed by atoms with E-state index < -0.39 is 0 Å². The molecule has 0 saturated heterocycles. The maximum absolute atomic E-state index is 8.65. The van der Waals surface area contributed by atoms with Gasteiger partial charge in [-0.1, -0.05) is 24.4 Å². The van der Waals surface area contributed by atoms with Gasteiger partial charge in [-0.25, -0.2) is 0 Å². The molecule has 0 spiro atoms. The quantitative estimate of drug-likeness (QED) is 0.545. The van der Waals surface area contributed by atoms with Crippen LogP contribution in [0.2, 0.25) is 5.02 Å². The lowest BCUT2D eigenvalue weighted by atomic mass is 10.2. The van der Waals surface area contributed by atoms with Crippen molar-refractivity contribution in [1.29, 1.82) is 5.26 Å². The number of hydrogen-bond donors (Lipinski definition) is 3. The van der Waals surface area contributed by atoms with Gasteiger partial charge in [-0.2, -0.15) is 5.26 Å². The Balaban J connectivity index is 2.63. The van der Waals surface area contributed by atoms with E-state index in [2.05, 4.69) is 22.9 Å². The van der Waals surface area contributed by atoms with E-state index in [9.17, 15) is 0 Å². The van der Waals surface area contributed by atoms with E-state index in [-0.39, 0.29) is 0 Å². The summed E-state index contributed by atoms with van der Waals surface area (Å²) in [6.45, 7) is 1.51. The predicted molar refractivity (Wildman–Crippen MR) is 61.6 cm³/mol. The second-order valence-electron chi connectivity index (χ2n) is 2.64. The maximum Gasteiger partial charge on any atom is 0.101 e. The average molecular weight is 228 g/mol. The largest absolute Gasteiger partial charge is 0.384 e. The van der Waals surface area contributed by atoms with Gasteiger partial charge in [0.15, 0.2) is 0 Å². The number of nitrogens with zero attached hydrogens (tertiary/aromatic N) is 1. The first kappa shape index (κ1) is 11.2. The summed E-state index contributed by atoms with van der Waals surface area (Å²) < 4.78 is 2.72. The van der Waals surface area contributed by atoms with Gasteiger partial charge in [0.1, 0.15) is 6.07 Å². The van der Waals surface area contributed by atoms with Crippen LogP contribution < -0.4 is 10.0 Å². The normalized spacial score (nSPS) is 9.50. The smallest absolute Gasteiger partial charge is 0.101 e. The van der Waals surface area contributed by atoms with Gasteiger partial charge < -0.3 is 5.32 Å². The summed E-state index contributed by atoms with van der Waals surface area (Å²) in [5.74, 6) is 0. The number of halogens is 1. The molecule has 1 aromatic rings. The summed E-state index contributed by atoms with van der Waals surface area (Å²) in [5, 5.41) is 12.2. The lowest BCUT2D eigenvalue weighted by Gasteiger charge is -2.06. The molecule has 1 rings (SSSR count). The summed E-state index contributed by atoms with van der Waals surface area (Å²) in [4.78, 5) is 0. The van der Waals surface area contributed by atoms with Crippen LogP contribution >= 0.6 is 24.4 Å². The van der Waals surface area contributed by atoms with Crippen molar-refractivity contribution in [3.05, 3.63) is 28.8 Å². The molecule has 0 aliphatic carbocycles. The van der Waals surface area contributed by atoms with Gasteiger partial charge in [-0.05, 0) is 18.2 Å². The van der Waals surface area contributed by atoms with Gasteiger partial charge in [0.05, 0.1) is 10.6 Å². The molecular weight excluding hydrogens is 218 g/mol. The Labute approximate surface area is 93.6 Å². The first-order chi connectivity index (χ1) is 6.77. The SMILES string of the molecule is N#Cc1ccc(NCCNS)cc1Cl. The number of thiol groups is 1. The van der Waals surface area contributed by atoms with Crippen molar-refractivity contribution >= 4 is 30.1 Å². The lowest BCUT2D eigenvalue weighted by Crippen LogP contribution is -2.13. The molecule has 1 aromatic carbocycles. The summed E-state index contributed by atoms with van der Waals surface area (Å²) in [6, 6.07) is 7.26. The van der Waals surface area contributed by atoms with Crippen molar-refractivity contribution in [2.24, 2.45) is 0 Å². The maximum atomic E-state index is 8.65. The van der Waals surface area contributed by atoms with Crippen LogP contribution in [0.3, 0.4) is 0 Å². The van der Waals surface area contributed by atoms with Crippen molar-refractivity contribution in [2.45, 2.75) is 0 Å². The second kappa shape index (κ2) is 5.76. The van der Waals surface area contributed by atoms with Crippen molar-refractivity contribution in [3.8, 4) is 6.07 Å². The summed E-state index contributed by atoms with van der Waals surface area (Å²) >= 11 is 9.71. The zero-order chi connectivity index (χ0) is 10.4. The first-order valence-corrected chi connectivity index (χ1v) is 4.91. The number of anilines is 1. The number of nitrogens with one attached hydrogen (secondary N) is 2. The molecule has 0 bridgehead atoms. The van der Waals surface area contributed by atoms with Gasteiger partial charge in [-0.3, -0.25) is 4.72 Å². The molecule has 3 nitrogen and oxygen atoms in total. The Bertz CT molecular complexity index is 348. The summed E-state index contributed by atoms with van der Waals surface area (Å²) in [5.41, 5.74) is 1.39. The van der Waals surface area contributed by atoms with Gasteiger partial charge in [-0.15, -0.1) is 0 Å². The lowest BCUT2D eigenvalue weighted by molar-refractivity contribution is 0.962. The highest BCUT2D eigenvalue weighted by atomic mass is 35.5. The molecule has 14 heavy (non-hydrogen) atoms. The molecule has 0 aromatic heterocycles. The second-order valence-corrected chi connectivity index (χ2v) is 3.36. The fourth-order valence-corrected chi connectivity index (χ4v) is 1.31. The van der Waals surface area contributed by atoms with E-state index in [0.29, 0.717) is 10.6 Å². The topological polar surface area (TPSA) is 47.9 Å². The molecule has 0 unspecified atom stereocenters. The number of rotatable bonds is 4. The fourth-order valence-electron chi connectivity index (χ4n) is 0.978. The summed E-state index contributed by atoms with van der Waals surface area (Å²) in [7, 11) is 0. The average Bonchev–Trinajstić information content (AvgIpc) is 2.18. The molecular formula is C9H10ClN3S. The van der Waals surface area contributed by atoms with E-state index in [4.69, 9.17) is 16.9 Å². The van der Waals surface area contributed by atoms with E-state index >= 15 is 0 Å². The zero-order valence-corrected chi connectivity index (χ0v) is 9.07. The van der Waals surface area contributed by atoms with Crippen LogP contribution in [-0.4, -0.2) is 13.1 Å². The summed E-state index contributed by atoms with van der Waals surface area (Å²) in [6.07, 6.45) is 0. The van der Waals surface area contributed by atoms with Gasteiger partial charge in [0.25, 0.3) is 0 Å². The molecule has 5 heteroatoms. The van der Waals surface area contributed by atoms with Crippen LogP contribution in [0.5, 0.6) is 0 Å². The van der Waals surface area contributed by atoms with Crippen LogP contribution in [0.15, 0.2) is 18.2 Å². The van der Waals surface area contributed by atoms with Crippen LogP contribution in [0.25, 0.3) is 0 Å². The zero-order valence-electron chi connectivity index (χ0n) is 7.42. The standard InChI is InChI=1S/C9H10ClN3S/c10-9-5-8(12-3-4-13-14)2-1-7(9)6-11/h1-2,5,12-14H,3-4H2. The van der Waals surface area contributed by atoms with Crippen LogP contribution in [0.4, 0.5) is 5.69 Å². The molecule has 0 radical (unpaired) electrons. The highest BCUT2D eigenvalue weighted by molar-refractivity contribution is 7.78. The fraction of sp³-hybridized carbons (Fsp3) is 0.222. The molecule has 0 heterocycles. The molecule has 0 aliphatic heterocycles. The molecule has 0 atom stereocenters. The monoisotopic (exact) mass is 227 g/mol. The Kier molecular flexibility index (Phi) is 4.60. The molecule has 0 aliphatic rings. The number of hydrogen-bond acceptors (Lipinski definition) is 4. The van der Waals surface area contributed by atoms with Crippen LogP contribution in [0, 0.1) is 11.3 Å². The van der Waals surface area contributed by atoms with Crippen LogP contribution in [-0.2, 0) is 0 Å².